The number of esters is 1. The highest BCUT2D eigenvalue weighted by atomic mass is 79.9. The number of aromatic amines is 1. The summed E-state index contributed by atoms with van der Waals surface area (Å²) in [5, 5.41) is 5.42. The van der Waals surface area contributed by atoms with E-state index in [-0.39, 0.29) is 0 Å². The van der Waals surface area contributed by atoms with Crippen molar-refractivity contribution in [2.24, 2.45) is 5.10 Å². The third kappa shape index (κ3) is 5.57. The van der Waals surface area contributed by atoms with Crippen LogP contribution >= 0.6 is 43.5 Å². The number of halogens is 3. The molecule has 0 fully saturated rings. The summed E-state index contributed by atoms with van der Waals surface area (Å²) in [5.74, 6) is -0.659. The number of hydrazone groups is 1. The van der Waals surface area contributed by atoms with Crippen molar-refractivity contribution in [1.82, 2.24) is 10.4 Å². The molecule has 6 nitrogen and oxygen atoms in total. The molecule has 38 heavy (non-hydrogen) atoms. The minimum absolute atomic E-state index is 0.298. The third-order valence-corrected chi connectivity index (χ3v) is 6.92. The van der Waals surface area contributed by atoms with Crippen LogP contribution in [0, 0.1) is 0 Å². The van der Waals surface area contributed by atoms with Gasteiger partial charge in [-0.1, -0.05) is 92.0 Å². The Labute approximate surface area is 239 Å². The van der Waals surface area contributed by atoms with E-state index >= 15 is 0 Å². The van der Waals surface area contributed by atoms with Gasteiger partial charge in [-0.2, -0.15) is 5.10 Å². The summed E-state index contributed by atoms with van der Waals surface area (Å²) in [5.41, 5.74) is 6.00. The number of ether oxygens (including phenoxy) is 1. The molecule has 0 saturated carbocycles. The number of H-pyrrole nitrogens is 1. The Hall–Kier alpha value is -3.72. The Balaban J connectivity index is 1.44. The first-order valence-electron chi connectivity index (χ1n) is 11.4. The number of hydrogen-bond donors (Lipinski definition) is 2. The van der Waals surface area contributed by atoms with Crippen LogP contribution in [-0.2, 0) is 0 Å². The van der Waals surface area contributed by atoms with Crippen LogP contribution in [0.15, 0.2) is 105 Å². The van der Waals surface area contributed by atoms with Gasteiger partial charge in [0.05, 0.1) is 22.3 Å². The molecule has 1 heterocycles. The Kier molecular flexibility index (Phi) is 7.74. The lowest BCUT2D eigenvalue weighted by atomic mass is 10.0. The molecule has 2 N–H and O–H groups in total. The van der Waals surface area contributed by atoms with Gasteiger partial charge in [0.1, 0.15) is 11.4 Å². The predicted molar refractivity (Wildman–Crippen MR) is 157 cm³/mol. The van der Waals surface area contributed by atoms with Crippen LogP contribution < -0.4 is 10.2 Å². The van der Waals surface area contributed by atoms with Crippen molar-refractivity contribution < 1.29 is 14.3 Å². The van der Waals surface area contributed by atoms with E-state index in [2.05, 4.69) is 47.4 Å². The second-order valence-corrected chi connectivity index (χ2v) is 10.4. The lowest BCUT2D eigenvalue weighted by Gasteiger charge is -2.08. The first-order chi connectivity index (χ1) is 18.4. The van der Waals surface area contributed by atoms with Crippen LogP contribution in [0.5, 0.6) is 5.75 Å². The highest BCUT2D eigenvalue weighted by molar-refractivity contribution is 9.10. The summed E-state index contributed by atoms with van der Waals surface area (Å²) in [7, 11) is 0. The minimum Gasteiger partial charge on any atom is -0.422 e. The fourth-order valence-electron chi connectivity index (χ4n) is 3.96. The molecule has 188 valence electrons. The van der Waals surface area contributed by atoms with Gasteiger partial charge in [-0.15, -0.1) is 0 Å². The number of fused-ring (bicyclic) bond motifs is 1. The summed E-state index contributed by atoms with van der Waals surface area (Å²) in [6, 6.07) is 27.1. The van der Waals surface area contributed by atoms with E-state index in [9.17, 15) is 9.59 Å². The number of nitrogens with zero attached hydrogens (tertiary/aromatic N) is 1. The average Bonchev–Trinajstić information content (AvgIpc) is 3.31. The molecule has 0 atom stereocenters. The zero-order valence-electron chi connectivity index (χ0n) is 19.5. The quantitative estimate of drug-likeness (QED) is 0.0845. The van der Waals surface area contributed by atoms with Gasteiger partial charge < -0.3 is 9.72 Å². The number of nitrogens with one attached hydrogen (secondary N) is 2. The normalized spacial score (nSPS) is 11.1. The van der Waals surface area contributed by atoms with Crippen molar-refractivity contribution in [1.29, 1.82) is 0 Å². The van der Waals surface area contributed by atoms with E-state index in [1.54, 1.807) is 48.5 Å². The average molecular weight is 652 g/mol. The first kappa shape index (κ1) is 25.9. The van der Waals surface area contributed by atoms with Crippen LogP contribution in [0.1, 0.15) is 26.4 Å². The smallest absolute Gasteiger partial charge is 0.343 e. The Morgan fingerprint density at radius 1 is 0.895 bits per heavy atom. The molecule has 5 aromatic rings. The second kappa shape index (κ2) is 11.3. The third-order valence-electron chi connectivity index (χ3n) is 5.67. The maximum absolute atomic E-state index is 13.3. The van der Waals surface area contributed by atoms with Gasteiger partial charge in [-0.25, -0.2) is 10.2 Å². The molecule has 1 aromatic heterocycles. The van der Waals surface area contributed by atoms with Crippen molar-refractivity contribution in [3.63, 3.8) is 0 Å². The Bertz CT molecular complexity index is 1690. The number of carbonyl (C=O) groups is 2. The minimum atomic E-state index is -0.500. The van der Waals surface area contributed by atoms with E-state index < -0.39 is 11.9 Å². The number of benzene rings is 4. The number of rotatable bonds is 6. The Morgan fingerprint density at radius 3 is 2.34 bits per heavy atom. The summed E-state index contributed by atoms with van der Waals surface area (Å²) >= 11 is 13.4. The molecule has 4 aromatic carbocycles. The van der Waals surface area contributed by atoms with Crippen molar-refractivity contribution in [3.8, 4) is 16.9 Å². The summed E-state index contributed by atoms with van der Waals surface area (Å²) in [6.07, 6.45) is 1.42. The zero-order valence-corrected chi connectivity index (χ0v) is 23.5. The lowest BCUT2D eigenvalue weighted by molar-refractivity contribution is 0.0734. The van der Waals surface area contributed by atoms with Crippen molar-refractivity contribution in [2.45, 2.75) is 0 Å². The fraction of sp³-hybridized carbons (Fsp3) is 0. The molecule has 0 aliphatic heterocycles. The van der Waals surface area contributed by atoms with E-state index in [1.807, 2.05) is 42.5 Å². The van der Waals surface area contributed by atoms with Crippen molar-refractivity contribution >= 4 is 72.5 Å². The van der Waals surface area contributed by atoms with Crippen LogP contribution in [0.4, 0.5) is 0 Å². The van der Waals surface area contributed by atoms with Gasteiger partial charge in [-0.05, 0) is 48.0 Å². The van der Waals surface area contributed by atoms with Gasteiger partial charge in [0.15, 0.2) is 0 Å². The predicted octanol–water partition coefficient (Wildman–Crippen LogP) is 8.00. The zero-order chi connectivity index (χ0) is 26.6. The summed E-state index contributed by atoms with van der Waals surface area (Å²) in [6.45, 7) is 0. The topological polar surface area (TPSA) is 83.5 Å². The molecular weight excluding hydrogens is 634 g/mol. The van der Waals surface area contributed by atoms with Crippen LogP contribution in [0.2, 0.25) is 5.02 Å². The Morgan fingerprint density at radius 2 is 1.61 bits per heavy atom. The fourth-order valence-corrected chi connectivity index (χ4v) is 5.19. The molecule has 0 saturated heterocycles. The van der Waals surface area contributed by atoms with Gasteiger partial charge in [0, 0.05) is 25.5 Å². The molecule has 9 heteroatoms. The first-order valence-corrected chi connectivity index (χ1v) is 13.3. The summed E-state index contributed by atoms with van der Waals surface area (Å²) in [4.78, 5) is 29.0. The number of hydrogen-bond acceptors (Lipinski definition) is 4. The molecule has 1 amide bonds. The van der Waals surface area contributed by atoms with Crippen LogP contribution in [-0.4, -0.2) is 23.1 Å². The van der Waals surface area contributed by atoms with E-state index in [0.29, 0.717) is 38.7 Å². The number of amides is 1. The highest BCUT2D eigenvalue weighted by Crippen LogP contribution is 2.37. The summed E-state index contributed by atoms with van der Waals surface area (Å²) < 4.78 is 7.13. The van der Waals surface area contributed by atoms with Gasteiger partial charge in [0.2, 0.25) is 0 Å². The molecule has 0 aliphatic carbocycles. The largest absolute Gasteiger partial charge is 0.422 e. The maximum Gasteiger partial charge on any atom is 0.343 e. The highest BCUT2D eigenvalue weighted by Gasteiger charge is 2.21. The molecule has 5 rings (SSSR count). The molecule has 0 unspecified atom stereocenters. The number of aromatic nitrogens is 1. The van der Waals surface area contributed by atoms with Crippen molar-refractivity contribution in [2.75, 3.05) is 0 Å². The second-order valence-electron chi connectivity index (χ2n) is 8.19. The van der Waals surface area contributed by atoms with Gasteiger partial charge in [-0.3, -0.25) is 4.79 Å². The molecule has 0 bridgehead atoms. The number of carbonyl (C=O) groups excluding carboxylic acids is 2. The van der Waals surface area contributed by atoms with Crippen molar-refractivity contribution in [3.05, 3.63) is 122 Å². The molecule has 0 spiro atoms. The van der Waals surface area contributed by atoms with E-state index in [1.165, 1.54) is 6.21 Å². The van der Waals surface area contributed by atoms with Crippen LogP contribution in [0.3, 0.4) is 0 Å². The maximum atomic E-state index is 13.3. The van der Waals surface area contributed by atoms with E-state index in [4.69, 9.17) is 16.3 Å². The lowest BCUT2D eigenvalue weighted by Crippen LogP contribution is -2.19. The van der Waals surface area contributed by atoms with Crippen LogP contribution in [0.25, 0.3) is 22.0 Å². The van der Waals surface area contributed by atoms with Gasteiger partial charge in [0.25, 0.3) is 5.91 Å². The van der Waals surface area contributed by atoms with E-state index in [0.717, 1.165) is 19.9 Å². The molecule has 0 radical (unpaired) electrons. The monoisotopic (exact) mass is 649 g/mol. The van der Waals surface area contributed by atoms with Gasteiger partial charge >= 0.3 is 5.97 Å². The standard InChI is InChI=1S/C29H18Br2ClN3O3/c30-20-11-12-24(38-29(37)18-9-5-2-6-10-18)19(13-20)16-33-35-28(36)27-25(17-7-3-1-4-8-17)22-14-21(31)15-23(32)26(22)34-27/h1-16,34H,(H,35,36). The molecule has 0 aliphatic rings. The molecular formula is C29H18Br2ClN3O3. The SMILES string of the molecule is O=C(Oc1ccc(Br)cc1C=NNC(=O)c1[nH]c2c(Cl)cc(Br)cc2c1-c1ccccc1)c1ccccc1.